The second-order valence-electron chi connectivity index (χ2n) is 14.9. The molecule has 6 nitrogen and oxygen atoms in total. The van der Waals surface area contributed by atoms with Gasteiger partial charge in [-0.25, -0.2) is 13.4 Å². The molecule has 240 valence electrons. The fraction of sp³-hybridized carbons (Fsp3) is 0.275. The molecule has 3 heterocycles. The Bertz CT molecular complexity index is 2310. The highest BCUT2D eigenvalue weighted by Gasteiger charge is 2.29. The number of hydrogen-bond donors (Lipinski definition) is 0. The Balaban J connectivity index is 1.42. The number of pyridine rings is 1. The lowest BCUT2D eigenvalue weighted by Crippen LogP contribution is -2.25. The molecule has 1 aliphatic heterocycles. The second kappa shape index (κ2) is 10.7. The minimum absolute atomic E-state index is 0.0653. The molecule has 7 rings (SSSR count). The van der Waals surface area contributed by atoms with E-state index in [0.717, 1.165) is 55.8 Å². The molecule has 6 aromatic rings. The summed E-state index contributed by atoms with van der Waals surface area (Å²) in [5.74, 6) is 0.766. The van der Waals surface area contributed by atoms with Crippen LogP contribution in [0.5, 0.6) is 0 Å². The van der Waals surface area contributed by atoms with Crippen LogP contribution in [0.25, 0.3) is 27.6 Å². The van der Waals surface area contributed by atoms with E-state index in [0.29, 0.717) is 6.67 Å². The molecular formula is C40H42N4O2S. The number of anilines is 3. The fourth-order valence-corrected chi connectivity index (χ4v) is 7.93. The quantitative estimate of drug-likeness (QED) is 0.192. The summed E-state index contributed by atoms with van der Waals surface area (Å²) in [6, 6.07) is 30.1. The van der Waals surface area contributed by atoms with Crippen LogP contribution in [0, 0.1) is 6.92 Å². The Morgan fingerprint density at radius 2 is 1.40 bits per heavy atom. The molecule has 0 saturated carbocycles. The minimum Gasteiger partial charge on any atom is -0.355 e. The number of aromatic nitrogens is 2. The minimum atomic E-state index is -3.90. The third-order valence-electron chi connectivity index (χ3n) is 9.36. The Hall–Kier alpha value is -4.62. The van der Waals surface area contributed by atoms with Crippen molar-refractivity contribution in [2.45, 2.75) is 69.1 Å². The number of fused-ring (bicyclic) bond motifs is 4. The molecule has 47 heavy (non-hydrogen) atoms. The topological polar surface area (TPSA) is 58.4 Å². The molecular weight excluding hydrogens is 601 g/mol. The number of para-hydroxylation sites is 1. The molecule has 0 spiro atoms. The smallest absolute Gasteiger partial charge is 0.206 e. The molecule has 0 atom stereocenters. The second-order valence-corrected chi connectivity index (χ2v) is 16.9. The van der Waals surface area contributed by atoms with Crippen molar-refractivity contribution in [2.75, 3.05) is 23.5 Å². The van der Waals surface area contributed by atoms with Gasteiger partial charge in [-0.15, -0.1) is 0 Å². The van der Waals surface area contributed by atoms with E-state index >= 15 is 0 Å². The summed E-state index contributed by atoms with van der Waals surface area (Å²) in [5.41, 5.74) is 7.86. The first-order valence-corrected chi connectivity index (χ1v) is 17.6. The SMILES string of the molecule is Cc1ccc2c(c1)N(C)CN2c1cc(C(C)(C)C)cc(S(=O)(=O)c2ccc3c4ccccc4n(-c4cc(C(C)(C)C)ccn4)c3c2)c1. The lowest BCUT2D eigenvalue weighted by atomic mass is 9.87. The third kappa shape index (κ3) is 5.27. The van der Waals surface area contributed by atoms with Crippen LogP contribution in [-0.2, 0) is 20.7 Å². The van der Waals surface area contributed by atoms with E-state index in [1.807, 2.05) is 48.7 Å². The van der Waals surface area contributed by atoms with Crippen LogP contribution in [0.3, 0.4) is 0 Å². The van der Waals surface area contributed by atoms with E-state index in [9.17, 15) is 8.42 Å². The fourth-order valence-electron chi connectivity index (χ4n) is 6.59. The number of hydrogen-bond acceptors (Lipinski definition) is 5. The van der Waals surface area contributed by atoms with Gasteiger partial charge in [0.15, 0.2) is 0 Å². The molecule has 0 radical (unpaired) electrons. The number of sulfone groups is 1. The highest BCUT2D eigenvalue weighted by atomic mass is 32.2. The maximum atomic E-state index is 14.7. The van der Waals surface area contributed by atoms with Crippen LogP contribution in [-0.4, -0.2) is 31.7 Å². The van der Waals surface area contributed by atoms with E-state index in [1.165, 1.54) is 5.56 Å². The predicted molar refractivity (Wildman–Crippen MR) is 194 cm³/mol. The van der Waals surface area contributed by atoms with Crippen LogP contribution in [0.2, 0.25) is 0 Å². The van der Waals surface area contributed by atoms with Gasteiger partial charge < -0.3 is 9.80 Å². The molecule has 0 fully saturated rings. The molecule has 4 aromatic carbocycles. The van der Waals surface area contributed by atoms with Gasteiger partial charge in [0.25, 0.3) is 0 Å². The van der Waals surface area contributed by atoms with Crippen molar-refractivity contribution in [1.29, 1.82) is 0 Å². The number of benzene rings is 4. The largest absolute Gasteiger partial charge is 0.355 e. The lowest BCUT2D eigenvalue weighted by molar-refractivity contribution is 0.583. The van der Waals surface area contributed by atoms with Crippen molar-refractivity contribution < 1.29 is 8.42 Å². The maximum absolute atomic E-state index is 14.7. The molecule has 0 unspecified atom stereocenters. The zero-order chi connectivity index (χ0) is 33.5. The van der Waals surface area contributed by atoms with Crippen molar-refractivity contribution in [3.8, 4) is 5.82 Å². The van der Waals surface area contributed by atoms with Crippen molar-refractivity contribution in [3.05, 3.63) is 114 Å². The monoisotopic (exact) mass is 642 g/mol. The summed E-state index contributed by atoms with van der Waals surface area (Å²) in [7, 11) is -1.83. The zero-order valence-electron chi connectivity index (χ0n) is 28.5. The van der Waals surface area contributed by atoms with Crippen molar-refractivity contribution in [3.63, 3.8) is 0 Å². The predicted octanol–water partition coefficient (Wildman–Crippen LogP) is 9.46. The van der Waals surface area contributed by atoms with Crippen LogP contribution in [0.15, 0.2) is 107 Å². The normalized spacial score (nSPS) is 14.0. The van der Waals surface area contributed by atoms with Gasteiger partial charge in [-0.05, 0) is 95.1 Å². The van der Waals surface area contributed by atoms with E-state index in [-0.39, 0.29) is 20.6 Å². The summed E-state index contributed by atoms with van der Waals surface area (Å²) in [5, 5.41) is 2.04. The summed E-state index contributed by atoms with van der Waals surface area (Å²) >= 11 is 0. The first kappa shape index (κ1) is 31.0. The van der Waals surface area contributed by atoms with Crippen LogP contribution in [0.1, 0.15) is 58.2 Å². The lowest BCUT2D eigenvalue weighted by Gasteiger charge is -2.25. The van der Waals surface area contributed by atoms with Crippen molar-refractivity contribution in [1.82, 2.24) is 9.55 Å². The van der Waals surface area contributed by atoms with Gasteiger partial charge in [-0.1, -0.05) is 71.9 Å². The summed E-state index contributed by atoms with van der Waals surface area (Å²) in [6.07, 6.45) is 1.84. The van der Waals surface area contributed by atoms with E-state index < -0.39 is 9.84 Å². The van der Waals surface area contributed by atoms with Crippen LogP contribution < -0.4 is 9.80 Å². The van der Waals surface area contributed by atoms with Gasteiger partial charge in [-0.3, -0.25) is 4.57 Å². The molecule has 7 heteroatoms. The average Bonchev–Trinajstić information content (AvgIpc) is 3.54. The number of nitrogens with zero attached hydrogens (tertiary/aromatic N) is 4. The van der Waals surface area contributed by atoms with Gasteiger partial charge >= 0.3 is 0 Å². The Morgan fingerprint density at radius 3 is 2.15 bits per heavy atom. The molecule has 0 aliphatic carbocycles. The Kier molecular flexibility index (Phi) is 7.06. The first-order valence-electron chi connectivity index (χ1n) is 16.1. The number of rotatable bonds is 4. The molecule has 0 amide bonds. The number of aryl methyl sites for hydroxylation is 1. The molecule has 0 bridgehead atoms. The van der Waals surface area contributed by atoms with Crippen LogP contribution >= 0.6 is 0 Å². The van der Waals surface area contributed by atoms with Crippen molar-refractivity contribution in [2.24, 2.45) is 0 Å². The van der Waals surface area contributed by atoms with Gasteiger partial charge in [-0.2, -0.15) is 0 Å². The van der Waals surface area contributed by atoms with E-state index in [4.69, 9.17) is 4.98 Å². The highest BCUT2D eigenvalue weighted by Crippen LogP contribution is 2.43. The zero-order valence-corrected chi connectivity index (χ0v) is 29.3. The maximum Gasteiger partial charge on any atom is 0.206 e. The van der Waals surface area contributed by atoms with Gasteiger partial charge in [0.1, 0.15) is 5.82 Å². The molecule has 0 N–H and O–H groups in total. The third-order valence-corrected chi connectivity index (χ3v) is 11.1. The average molecular weight is 643 g/mol. The van der Waals surface area contributed by atoms with Crippen molar-refractivity contribution >= 4 is 48.7 Å². The highest BCUT2D eigenvalue weighted by molar-refractivity contribution is 7.91. The van der Waals surface area contributed by atoms with Gasteiger partial charge in [0, 0.05) is 29.7 Å². The summed E-state index contributed by atoms with van der Waals surface area (Å²) in [6.45, 7) is 15.7. The van der Waals surface area contributed by atoms with E-state index in [1.54, 1.807) is 6.07 Å². The summed E-state index contributed by atoms with van der Waals surface area (Å²) in [4.78, 5) is 9.73. The first-order chi connectivity index (χ1) is 22.1. The Morgan fingerprint density at radius 1 is 0.681 bits per heavy atom. The van der Waals surface area contributed by atoms with Gasteiger partial charge in [0.05, 0.1) is 38.9 Å². The molecule has 1 aliphatic rings. The molecule has 0 saturated heterocycles. The Labute approximate surface area is 278 Å². The van der Waals surface area contributed by atoms with Gasteiger partial charge in [0.2, 0.25) is 9.84 Å². The standard InChI is InChI=1S/C40H42N4O2S/c1-26-13-16-35-37(19-26)42(8)25-43(35)29-20-28(40(5,6)7)21-31(23-29)47(45,46)30-14-15-33-32-11-9-10-12-34(32)44(36(33)24-30)38-22-27(17-18-41-38)39(2,3)4/h9-24H,25H2,1-8H3. The summed E-state index contributed by atoms with van der Waals surface area (Å²) < 4.78 is 31.4. The van der Waals surface area contributed by atoms with E-state index in [2.05, 4.69) is 112 Å². The molecule has 2 aromatic heterocycles. The van der Waals surface area contributed by atoms with Crippen LogP contribution in [0.4, 0.5) is 17.1 Å².